The van der Waals surface area contributed by atoms with Gasteiger partial charge in [0.25, 0.3) is 0 Å². The van der Waals surface area contributed by atoms with E-state index in [1.54, 1.807) is 13.8 Å². The molecule has 8 heteroatoms. The van der Waals surface area contributed by atoms with Crippen LogP contribution in [-0.4, -0.2) is 22.5 Å². The molecule has 2 aromatic heterocycles. The van der Waals surface area contributed by atoms with E-state index in [4.69, 9.17) is 10.3 Å². The van der Waals surface area contributed by atoms with Crippen LogP contribution in [0.3, 0.4) is 0 Å². The Balaban J connectivity index is 2.09. The number of carbonyl (C=O) groups is 1. The normalized spacial score (nSPS) is 10.3. The summed E-state index contributed by atoms with van der Waals surface area (Å²) in [5, 5.41) is 16.6. The Morgan fingerprint density at radius 2 is 2.33 bits per heavy atom. The van der Waals surface area contributed by atoms with Gasteiger partial charge in [0.1, 0.15) is 16.6 Å². The van der Waals surface area contributed by atoms with Crippen LogP contribution >= 0.6 is 11.3 Å². The van der Waals surface area contributed by atoms with Gasteiger partial charge in [-0.2, -0.15) is 10.2 Å². The number of rotatable bonds is 6. The van der Waals surface area contributed by atoms with Gasteiger partial charge < -0.3 is 15.6 Å². The molecule has 0 aromatic carbocycles. The van der Waals surface area contributed by atoms with Crippen molar-refractivity contribution in [1.29, 1.82) is 5.26 Å². The largest absolute Gasteiger partial charge is 0.396 e. The first-order chi connectivity index (χ1) is 10.1. The van der Waals surface area contributed by atoms with Crippen molar-refractivity contribution in [2.75, 3.05) is 17.6 Å². The monoisotopic (exact) mass is 305 g/mol. The molecule has 0 saturated carbocycles. The molecule has 21 heavy (non-hydrogen) atoms. The number of Topliss-reactive ketones (excluding diaryl/α,β-unsaturated/α-hetero) is 1. The molecule has 0 fully saturated rings. The van der Waals surface area contributed by atoms with Crippen LogP contribution in [0.15, 0.2) is 4.52 Å². The Bertz CT molecular complexity index is 698. The summed E-state index contributed by atoms with van der Waals surface area (Å²) >= 11 is 1.21. The molecule has 2 heterocycles. The van der Waals surface area contributed by atoms with Crippen molar-refractivity contribution in [3.8, 4) is 6.07 Å². The van der Waals surface area contributed by atoms with Gasteiger partial charge in [-0.3, -0.25) is 4.79 Å². The summed E-state index contributed by atoms with van der Waals surface area (Å²) in [5.74, 6) is 1.04. The van der Waals surface area contributed by atoms with Crippen molar-refractivity contribution < 1.29 is 9.32 Å². The lowest BCUT2D eigenvalue weighted by molar-refractivity contribution is 0.0993. The predicted molar refractivity (Wildman–Crippen MR) is 79.3 cm³/mol. The van der Waals surface area contributed by atoms with Crippen molar-refractivity contribution in [2.24, 2.45) is 0 Å². The smallest absolute Gasteiger partial charge is 0.228 e. The van der Waals surface area contributed by atoms with Gasteiger partial charge in [-0.1, -0.05) is 12.1 Å². The van der Waals surface area contributed by atoms with Gasteiger partial charge in [0.15, 0.2) is 11.6 Å². The molecule has 0 aliphatic carbocycles. The Kier molecular flexibility index (Phi) is 4.55. The Morgan fingerprint density at radius 3 is 2.90 bits per heavy atom. The Labute approximate surface area is 125 Å². The molecule has 0 saturated heterocycles. The SMILES string of the molecule is CCC(=O)c1sc(NCCc2nc(C)no2)c(C#N)c1N. The first kappa shape index (κ1) is 15.0. The molecule has 110 valence electrons. The van der Waals surface area contributed by atoms with Crippen LogP contribution in [-0.2, 0) is 6.42 Å². The zero-order valence-electron chi connectivity index (χ0n) is 11.8. The van der Waals surface area contributed by atoms with E-state index in [1.807, 2.05) is 6.07 Å². The maximum absolute atomic E-state index is 11.8. The van der Waals surface area contributed by atoms with Crippen molar-refractivity contribution in [2.45, 2.75) is 26.7 Å². The van der Waals surface area contributed by atoms with Crippen LogP contribution < -0.4 is 11.1 Å². The molecule has 0 aliphatic heterocycles. The number of nitrogens with one attached hydrogen (secondary N) is 1. The summed E-state index contributed by atoms with van der Waals surface area (Å²) in [7, 11) is 0. The number of nitrogens with zero attached hydrogens (tertiary/aromatic N) is 3. The average Bonchev–Trinajstić information content (AvgIpc) is 3.02. The van der Waals surface area contributed by atoms with Crippen LogP contribution in [0.25, 0.3) is 0 Å². The molecule has 0 amide bonds. The summed E-state index contributed by atoms with van der Waals surface area (Å²) < 4.78 is 5.00. The fourth-order valence-electron chi connectivity index (χ4n) is 1.77. The van der Waals surface area contributed by atoms with Gasteiger partial charge in [-0.25, -0.2) is 0 Å². The minimum Gasteiger partial charge on any atom is -0.396 e. The fraction of sp³-hybridized carbons (Fsp3) is 0.385. The third-order valence-electron chi connectivity index (χ3n) is 2.83. The number of thiophene rings is 1. The summed E-state index contributed by atoms with van der Waals surface area (Å²) in [6.45, 7) is 4.02. The number of nitrogens with two attached hydrogens (primary N) is 1. The van der Waals surface area contributed by atoms with Gasteiger partial charge >= 0.3 is 0 Å². The molecule has 7 nitrogen and oxygen atoms in total. The zero-order valence-corrected chi connectivity index (χ0v) is 12.6. The maximum Gasteiger partial charge on any atom is 0.228 e. The van der Waals surface area contributed by atoms with E-state index in [0.29, 0.717) is 46.5 Å². The molecule has 2 aromatic rings. The highest BCUT2D eigenvalue weighted by molar-refractivity contribution is 7.19. The van der Waals surface area contributed by atoms with Crippen molar-refractivity contribution in [3.63, 3.8) is 0 Å². The second-order valence-corrected chi connectivity index (χ2v) is 5.37. The number of aryl methyl sites for hydroxylation is 1. The van der Waals surface area contributed by atoms with E-state index in [9.17, 15) is 10.1 Å². The number of anilines is 2. The number of hydrogen-bond donors (Lipinski definition) is 2. The molecular weight excluding hydrogens is 290 g/mol. The molecule has 3 N–H and O–H groups in total. The first-order valence-corrected chi connectivity index (χ1v) is 7.27. The van der Waals surface area contributed by atoms with Crippen LogP contribution in [0.2, 0.25) is 0 Å². The Morgan fingerprint density at radius 1 is 1.57 bits per heavy atom. The molecule has 2 rings (SSSR count). The van der Waals surface area contributed by atoms with E-state index >= 15 is 0 Å². The fourth-order valence-corrected chi connectivity index (χ4v) is 2.88. The molecular formula is C13H15N5O2S. The Hall–Kier alpha value is -2.40. The lowest BCUT2D eigenvalue weighted by Gasteiger charge is -2.01. The molecule has 0 aliphatic rings. The minimum absolute atomic E-state index is 0.0606. The van der Waals surface area contributed by atoms with E-state index in [-0.39, 0.29) is 11.5 Å². The van der Waals surface area contributed by atoms with Crippen LogP contribution in [0, 0.1) is 18.3 Å². The van der Waals surface area contributed by atoms with Crippen LogP contribution in [0.4, 0.5) is 10.7 Å². The second kappa shape index (κ2) is 6.37. The lowest BCUT2D eigenvalue weighted by Crippen LogP contribution is -2.05. The second-order valence-electron chi connectivity index (χ2n) is 4.35. The van der Waals surface area contributed by atoms with E-state index < -0.39 is 0 Å². The minimum atomic E-state index is -0.0606. The lowest BCUT2D eigenvalue weighted by atomic mass is 10.2. The van der Waals surface area contributed by atoms with Crippen LogP contribution in [0.1, 0.15) is 40.3 Å². The molecule has 0 unspecified atom stereocenters. The van der Waals surface area contributed by atoms with Crippen molar-refractivity contribution in [1.82, 2.24) is 10.1 Å². The molecule has 0 atom stereocenters. The van der Waals surface area contributed by atoms with E-state index in [1.165, 1.54) is 11.3 Å². The molecule has 0 bridgehead atoms. The van der Waals surface area contributed by atoms with Crippen LogP contribution in [0.5, 0.6) is 0 Å². The summed E-state index contributed by atoms with van der Waals surface area (Å²) in [4.78, 5) is 16.3. The highest BCUT2D eigenvalue weighted by Gasteiger charge is 2.19. The predicted octanol–water partition coefficient (Wildman–Crippen LogP) is 2.14. The van der Waals surface area contributed by atoms with Crippen molar-refractivity contribution in [3.05, 3.63) is 22.2 Å². The number of nitriles is 1. The average molecular weight is 305 g/mol. The number of carbonyl (C=O) groups excluding carboxylic acids is 1. The summed E-state index contributed by atoms with van der Waals surface area (Å²) in [6.07, 6.45) is 0.886. The van der Waals surface area contributed by atoms with Gasteiger partial charge in [-0.15, -0.1) is 11.3 Å². The van der Waals surface area contributed by atoms with Gasteiger partial charge in [-0.05, 0) is 6.92 Å². The third-order valence-corrected chi connectivity index (χ3v) is 4.03. The number of nitrogen functional groups attached to an aromatic ring is 1. The standard InChI is InChI=1S/C13H15N5O2S/c1-3-9(19)12-11(15)8(6-14)13(21-12)16-5-4-10-17-7(2)18-20-10/h16H,3-5,15H2,1-2H3. The third kappa shape index (κ3) is 3.20. The quantitative estimate of drug-likeness (QED) is 0.785. The maximum atomic E-state index is 11.8. The number of aromatic nitrogens is 2. The highest BCUT2D eigenvalue weighted by atomic mass is 32.1. The van der Waals surface area contributed by atoms with E-state index in [0.717, 1.165) is 0 Å². The van der Waals surface area contributed by atoms with Crippen molar-refractivity contribution >= 4 is 27.8 Å². The number of hydrogen-bond acceptors (Lipinski definition) is 8. The highest BCUT2D eigenvalue weighted by Crippen LogP contribution is 2.35. The molecule has 0 spiro atoms. The van der Waals surface area contributed by atoms with Gasteiger partial charge in [0.2, 0.25) is 5.89 Å². The van der Waals surface area contributed by atoms with Gasteiger partial charge in [0.05, 0.1) is 10.6 Å². The summed E-state index contributed by atoms with van der Waals surface area (Å²) in [5.41, 5.74) is 6.44. The van der Waals surface area contributed by atoms with E-state index in [2.05, 4.69) is 15.5 Å². The topological polar surface area (TPSA) is 118 Å². The number of ketones is 1. The molecule has 0 radical (unpaired) electrons. The summed E-state index contributed by atoms with van der Waals surface area (Å²) in [6, 6.07) is 2.04. The zero-order chi connectivity index (χ0) is 15.4. The first-order valence-electron chi connectivity index (χ1n) is 6.45. The van der Waals surface area contributed by atoms with Gasteiger partial charge in [0, 0.05) is 19.4 Å².